The molecular formula is C14H18F3N3O4S. The number of ether oxygens (including phenoxy) is 1. The number of alkyl halides is 3. The maximum atomic E-state index is 12.1. The fourth-order valence-corrected chi connectivity index (χ4v) is 3.28. The number of nitrogens with one attached hydrogen (secondary N) is 3. The SMILES string of the molecule is O=C(CNS(=O)(=O)c1ccc(OC(F)(F)F)cc1)NCC1CCCN1. The van der Waals surface area contributed by atoms with Gasteiger partial charge in [0, 0.05) is 12.6 Å². The standard InChI is InChI=1S/C14H18F3N3O4S/c15-14(16,17)24-11-3-5-12(6-4-11)25(22,23)20-9-13(21)19-8-10-2-1-7-18-10/h3-6,10,18,20H,1-2,7-9H2,(H,19,21). The van der Waals surface area contributed by atoms with Gasteiger partial charge in [-0.25, -0.2) is 13.1 Å². The number of rotatable bonds is 7. The molecule has 1 unspecified atom stereocenters. The number of benzene rings is 1. The summed E-state index contributed by atoms with van der Waals surface area (Å²) >= 11 is 0. The largest absolute Gasteiger partial charge is 0.573 e. The first-order valence-electron chi connectivity index (χ1n) is 7.51. The summed E-state index contributed by atoms with van der Waals surface area (Å²) in [5.41, 5.74) is 0. The van der Waals surface area contributed by atoms with Crippen LogP contribution in [0.1, 0.15) is 12.8 Å². The Bertz CT molecular complexity index is 686. The molecule has 0 aromatic heterocycles. The number of halogens is 3. The Kier molecular flexibility index (Phi) is 6.25. The molecule has 0 bridgehead atoms. The lowest BCUT2D eigenvalue weighted by Crippen LogP contribution is -2.42. The number of hydrogen-bond donors (Lipinski definition) is 3. The van der Waals surface area contributed by atoms with E-state index >= 15 is 0 Å². The normalized spacial score (nSPS) is 18.1. The quantitative estimate of drug-likeness (QED) is 0.647. The highest BCUT2D eigenvalue weighted by Crippen LogP contribution is 2.23. The van der Waals surface area contributed by atoms with Gasteiger partial charge in [0.15, 0.2) is 0 Å². The van der Waals surface area contributed by atoms with Crippen molar-refractivity contribution in [3.05, 3.63) is 24.3 Å². The summed E-state index contributed by atoms with van der Waals surface area (Å²) in [5.74, 6) is -1.03. The first-order chi connectivity index (χ1) is 11.7. The molecule has 11 heteroatoms. The Morgan fingerprint density at radius 1 is 1.28 bits per heavy atom. The molecule has 1 heterocycles. The highest BCUT2D eigenvalue weighted by molar-refractivity contribution is 7.89. The molecule has 1 aliphatic heterocycles. The third kappa shape index (κ3) is 6.52. The summed E-state index contributed by atoms with van der Waals surface area (Å²) in [4.78, 5) is 11.4. The third-order valence-corrected chi connectivity index (χ3v) is 4.92. The van der Waals surface area contributed by atoms with Crippen LogP contribution in [0.5, 0.6) is 5.75 Å². The van der Waals surface area contributed by atoms with Crippen molar-refractivity contribution in [2.24, 2.45) is 0 Å². The van der Waals surface area contributed by atoms with Crippen LogP contribution in [0.15, 0.2) is 29.2 Å². The van der Waals surface area contributed by atoms with E-state index < -0.39 is 34.6 Å². The minimum atomic E-state index is -4.86. The van der Waals surface area contributed by atoms with Crippen LogP contribution >= 0.6 is 0 Å². The van der Waals surface area contributed by atoms with Crippen molar-refractivity contribution in [1.82, 2.24) is 15.4 Å². The average molecular weight is 381 g/mol. The van der Waals surface area contributed by atoms with Crippen LogP contribution in [-0.4, -0.2) is 46.4 Å². The van der Waals surface area contributed by atoms with E-state index in [1.807, 2.05) is 0 Å². The highest BCUT2D eigenvalue weighted by atomic mass is 32.2. The molecule has 1 aromatic rings. The van der Waals surface area contributed by atoms with Crippen LogP contribution in [0, 0.1) is 0 Å². The molecule has 1 aromatic carbocycles. The molecule has 25 heavy (non-hydrogen) atoms. The maximum absolute atomic E-state index is 12.1. The van der Waals surface area contributed by atoms with Gasteiger partial charge in [-0.3, -0.25) is 4.79 Å². The van der Waals surface area contributed by atoms with Gasteiger partial charge in [0.25, 0.3) is 0 Å². The molecule has 1 saturated heterocycles. The second kappa shape index (κ2) is 8.02. The van der Waals surface area contributed by atoms with E-state index in [0.29, 0.717) is 6.54 Å². The maximum Gasteiger partial charge on any atom is 0.573 e. The third-order valence-electron chi connectivity index (χ3n) is 3.50. The number of sulfonamides is 1. The van der Waals surface area contributed by atoms with Gasteiger partial charge >= 0.3 is 6.36 Å². The van der Waals surface area contributed by atoms with Crippen molar-refractivity contribution in [2.75, 3.05) is 19.6 Å². The van der Waals surface area contributed by atoms with Gasteiger partial charge in [0.1, 0.15) is 5.75 Å². The second-order valence-electron chi connectivity index (χ2n) is 5.44. The van der Waals surface area contributed by atoms with Gasteiger partial charge in [0.2, 0.25) is 15.9 Å². The second-order valence-corrected chi connectivity index (χ2v) is 7.21. The van der Waals surface area contributed by atoms with Crippen molar-refractivity contribution in [3.8, 4) is 5.75 Å². The zero-order valence-corrected chi connectivity index (χ0v) is 13.9. The van der Waals surface area contributed by atoms with Crippen molar-refractivity contribution >= 4 is 15.9 Å². The van der Waals surface area contributed by atoms with E-state index in [4.69, 9.17) is 0 Å². The molecule has 0 spiro atoms. The first-order valence-corrected chi connectivity index (χ1v) is 8.99. The zero-order chi connectivity index (χ0) is 18.5. The summed E-state index contributed by atoms with van der Waals surface area (Å²) in [6.07, 6.45) is -2.88. The van der Waals surface area contributed by atoms with E-state index in [1.165, 1.54) is 0 Å². The molecule has 1 amide bonds. The van der Waals surface area contributed by atoms with Gasteiger partial charge in [-0.15, -0.1) is 13.2 Å². The Labute approximate surface area is 143 Å². The molecule has 140 valence electrons. The average Bonchev–Trinajstić information content (AvgIpc) is 3.03. The van der Waals surface area contributed by atoms with E-state index in [2.05, 4.69) is 20.1 Å². The number of carbonyl (C=O) groups is 1. The summed E-state index contributed by atoms with van der Waals surface area (Å²) in [7, 11) is -4.02. The van der Waals surface area contributed by atoms with Crippen molar-refractivity contribution in [2.45, 2.75) is 30.1 Å². The summed E-state index contributed by atoms with van der Waals surface area (Å²) in [6.45, 7) is 0.834. The van der Waals surface area contributed by atoms with Crippen LogP contribution in [-0.2, 0) is 14.8 Å². The number of carbonyl (C=O) groups excluding carboxylic acids is 1. The number of amides is 1. The molecule has 3 N–H and O–H groups in total. The molecule has 0 radical (unpaired) electrons. The van der Waals surface area contributed by atoms with Gasteiger partial charge in [-0.2, -0.15) is 0 Å². The van der Waals surface area contributed by atoms with Gasteiger partial charge < -0.3 is 15.4 Å². The van der Waals surface area contributed by atoms with Crippen molar-refractivity contribution < 1.29 is 31.1 Å². The fraction of sp³-hybridized carbons (Fsp3) is 0.500. The predicted molar refractivity (Wildman–Crippen MR) is 82.3 cm³/mol. The topological polar surface area (TPSA) is 96.5 Å². The molecular weight excluding hydrogens is 363 g/mol. The van der Waals surface area contributed by atoms with Gasteiger partial charge in [0.05, 0.1) is 11.4 Å². The molecule has 0 aliphatic carbocycles. The van der Waals surface area contributed by atoms with Crippen LogP contribution < -0.4 is 20.1 Å². The lowest BCUT2D eigenvalue weighted by atomic mass is 10.2. The van der Waals surface area contributed by atoms with Crippen LogP contribution in [0.25, 0.3) is 0 Å². The molecule has 2 rings (SSSR count). The minimum Gasteiger partial charge on any atom is -0.406 e. The monoisotopic (exact) mass is 381 g/mol. The van der Waals surface area contributed by atoms with Crippen molar-refractivity contribution in [1.29, 1.82) is 0 Å². The van der Waals surface area contributed by atoms with E-state index in [-0.39, 0.29) is 10.9 Å². The Hall–Kier alpha value is -1.85. The van der Waals surface area contributed by atoms with Crippen LogP contribution in [0.2, 0.25) is 0 Å². The smallest absolute Gasteiger partial charge is 0.406 e. The Morgan fingerprint density at radius 2 is 1.96 bits per heavy atom. The molecule has 0 saturated carbocycles. The van der Waals surface area contributed by atoms with E-state index in [0.717, 1.165) is 43.7 Å². The fourth-order valence-electron chi connectivity index (χ4n) is 2.29. The van der Waals surface area contributed by atoms with E-state index in [1.54, 1.807) is 0 Å². The molecule has 1 atom stereocenters. The molecule has 7 nitrogen and oxygen atoms in total. The van der Waals surface area contributed by atoms with Gasteiger partial charge in [-0.05, 0) is 43.7 Å². The van der Waals surface area contributed by atoms with Crippen LogP contribution in [0.3, 0.4) is 0 Å². The van der Waals surface area contributed by atoms with Crippen molar-refractivity contribution in [3.63, 3.8) is 0 Å². The summed E-state index contributed by atoms with van der Waals surface area (Å²) in [6, 6.07) is 3.87. The zero-order valence-electron chi connectivity index (χ0n) is 13.1. The summed E-state index contributed by atoms with van der Waals surface area (Å²) in [5, 5.41) is 5.80. The Morgan fingerprint density at radius 3 is 2.52 bits per heavy atom. The lowest BCUT2D eigenvalue weighted by molar-refractivity contribution is -0.274. The minimum absolute atomic E-state index is 0.182. The predicted octanol–water partition coefficient (Wildman–Crippen LogP) is 0.732. The lowest BCUT2D eigenvalue weighted by Gasteiger charge is -2.12. The Balaban J connectivity index is 1.84. The number of hydrogen-bond acceptors (Lipinski definition) is 5. The van der Waals surface area contributed by atoms with Crippen LogP contribution in [0.4, 0.5) is 13.2 Å². The first kappa shape index (κ1) is 19.5. The van der Waals surface area contributed by atoms with Gasteiger partial charge in [-0.1, -0.05) is 0 Å². The molecule has 1 fully saturated rings. The molecule has 1 aliphatic rings. The van der Waals surface area contributed by atoms with E-state index in [9.17, 15) is 26.4 Å². The highest BCUT2D eigenvalue weighted by Gasteiger charge is 2.31. The summed E-state index contributed by atoms with van der Waals surface area (Å²) < 4.78 is 66.0.